The zero-order valence-electron chi connectivity index (χ0n) is 17.6. The molecule has 0 saturated heterocycles. The average Bonchev–Trinajstić information content (AvgIpc) is 2.73. The van der Waals surface area contributed by atoms with Gasteiger partial charge in [0, 0.05) is 17.1 Å². The number of hydrogen-bond donors (Lipinski definition) is 1. The Morgan fingerprint density at radius 3 is 2.60 bits per heavy atom. The SMILES string of the molecule is CCOC(=O)c1c[nH+]c2c(C)cc(Cl)cc2c1NCCc1ccc(OC)c(OC)c1. The molecule has 0 fully saturated rings. The first-order valence-corrected chi connectivity index (χ1v) is 10.1. The Hall–Kier alpha value is -2.99. The maximum atomic E-state index is 12.5. The van der Waals surface area contributed by atoms with Crippen LogP contribution in [0, 0.1) is 6.92 Å². The number of rotatable bonds is 8. The molecule has 0 radical (unpaired) electrons. The highest BCUT2D eigenvalue weighted by Gasteiger charge is 2.21. The highest BCUT2D eigenvalue weighted by atomic mass is 35.5. The first-order chi connectivity index (χ1) is 14.5. The Kier molecular flexibility index (Phi) is 7.00. The zero-order chi connectivity index (χ0) is 21.7. The lowest BCUT2D eigenvalue weighted by Crippen LogP contribution is -2.18. The minimum Gasteiger partial charge on any atom is -0.493 e. The standard InChI is InChI=1S/C23H25ClN2O4/c1-5-30-23(27)18-13-26-21-14(2)10-16(24)12-17(21)22(18)25-9-8-15-6-7-19(28-3)20(11-15)29-4/h6-7,10-13H,5,8-9H2,1-4H3,(H,25,26)/p+1. The van der Waals surface area contributed by atoms with Crippen molar-refractivity contribution >= 4 is 34.2 Å². The number of hydrogen-bond acceptors (Lipinski definition) is 5. The summed E-state index contributed by atoms with van der Waals surface area (Å²) in [5, 5.41) is 4.87. The van der Waals surface area contributed by atoms with Gasteiger partial charge in [0.05, 0.1) is 31.9 Å². The lowest BCUT2D eigenvalue weighted by molar-refractivity contribution is -0.345. The van der Waals surface area contributed by atoms with Gasteiger partial charge in [-0.3, -0.25) is 0 Å². The molecule has 0 spiro atoms. The number of aromatic nitrogens is 1. The second-order valence-corrected chi connectivity index (χ2v) is 7.25. The number of aromatic amines is 1. The summed E-state index contributed by atoms with van der Waals surface area (Å²) < 4.78 is 15.9. The fourth-order valence-corrected chi connectivity index (χ4v) is 3.69. The number of benzene rings is 2. The molecule has 1 heterocycles. The molecule has 0 aliphatic carbocycles. The lowest BCUT2D eigenvalue weighted by Gasteiger charge is -2.14. The molecule has 0 saturated carbocycles. The molecule has 158 valence electrons. The van der Waals surface area contributed by atoms with Gasteiger partial charge in [0.15, 0.2) is 17.7 Å². The van der Waals surface area contributed by atoms with E-state index in [1.165, 1.54) is 0 Å². The van der Waals surface area contributed by atoms with E-state index in [-0.39, 0.29) is 5.97 Å². The number of H-pyrrole nitrogens is 1. The van der Waals surface area contributed by atoms with Crippen LogP contribution < -0.4 is 19.8 Å². The highest BCUT2D eigenvalue weighted by molar-refractivity contribution is 6.31. The van der Waals surface area contributed by atoms with Crippen LogP contribution in [-0.4, -0.2) is 33.3 Å². The molecule has 6 nitrogen and oxygen atoms in total. The normalized spacial score (nSPS) is 10.7. The molecule has 0 aliphatic rings. The number of carbonyl (C=O) groups excluding carboxylic acids is 1. The maximum absolute atomic E-state index is 12.5. The van der Waals surface area contributed by atoms with Crippen molar-refractivity contribution in [2.75, 3.05) is 32.7 Å². The average molecular weight is 430 g/mol. The van der Waals surface area contributed by atoms with E-state index in [0.717, 1.165) is 28.5 Å². The predicted molar refractivity (Wildman–Crippen MR) is 118 cm³/mol. The van der Waals surface area contributed by atoms with E-state index >= 15 is 0 Å². The predicted octanol–water partition coefficient (Wildman–Crippen LogP) is 4.46. The molecule has 30 heavy (non-hydrogen) atoms. The summed E-state index contributed by atoms with van der Waals surface area (Å²) in [5.41, 5.74) is 4.14. The van der Waals surface area contributed by atoms with Gasteiger partial charge in [-0.05, 0) is 50.1 Å². The Morgan fingerprint density at radius 2 is 1.90 bits per heavy atom. The fraction of sp³-hybridized carbons (Fsp3) is 0.304. The van der Waals surface area contributed by atoms with Gasteiger partial charge in [0.1, 0.15) is 5.56 Å². The van der Waals surface area contributed by atoms with E-state index in [9.17, 15) is 4.79 Å². The van der Waals surface area contributed by atoms with Crippen molar-refractivity contribution in [3.05, 3.63) is 58.2 Å². The Morgan fingerprint density at radius 1 is 1.13 bits per heavy atom. The van der Waals surface area contributed by atoms with Crippen molar-refractivity contribution in [1.82, 2.24) is 0 Å². The van der Waals surface area contributed by atoms with Crippen LogP contribution in [0.2, 0.25) is 5.02 Å². The van der Waals surface area contributed by atoms with Gasteiger partial charge in [-0.2, -0.15) is 0 Å². The molecule has 0 atom stereocenters. The smallest absolute Gasteiger partial charge is 0.346 e. The first-order valence-electron chi connectivity index (χ1n) is 9.74. The van der Waals surface area contributed by atoms with Crippen LogP contribution in [0.4, 0.5) is 5.69 Å². The Labute approximate surface area is 181 Å². The molecule has 3 aromatic rings. The van der Waals surface area contributed by atoms with Gasteiger partial charge < -0.3 is 19.5 Å². The molecule has 3 rings (SSSR count). The monoisotopic (exact) mass is 429 g/mol. The summed E-state index contributed by atoms with van der Waals surface area (Å²) in [7, 11) is 3.23. The van der Waals surface area contributed by atoms with Crippen molar-refractivity contribution in [2.24, 2.45) is 0 Å². The lowest BCUT2D eigenvalue weighted by atomic mass is 10.1. The van der Waals surface area contributed by atoms with Gasteiger partial charge in [0.2, 0.25) is 5.52 Å². The van der Waals surface area contributed by atoms with E-state index in [2.05, 4.69) is 10.3 Å². The summed E-state index contributed by atoms with van der Waals surface area (Å²) in [6.45, 7) is 4.67. The van der Waals surface area contributed by atoms with E-state index in [4.69, 9.17) is 25.8 Å². The maximum Gasteiger partial charge on any atom is 0.346 e. The van der Waals surface area contributed by atoms with Gasteiger partial charge in [-0.15, -0.1) is 0 Å². The van der Waals surface area contributed by atoms with Gasteiger partial charge in [0.25, 0.3) is 0 Å². The van der Waals surface area contributed by atoms with Crippen LogP contribution in [0.5, 0.6) is 11.5 Å². The van der Waals surface area contributed by atoms with Crippen LogP contribution in [0.25, 0.3) is 10.9 Å². The summed E-state index contributed by atoms with van der Waals surface area (Å²) >= 11 is 6.30. The number of ether oxygens (including phenoxy) is 3. The molecule has 0 aliphatic heterocycles. The minimum atomic E-state index is -0.387. The molecular weight excluding hydrogens is 404 g/mol. The van der Waals surface area contributed by atoms with Gasteiger partial charge in [-0.25, -0.2) is 9.78 Å². The number of anilines is 1. The first kappa shape index (κ1) is 21.7. The van der Waals surface area contributed by atoms with Gasteiger partial charge >= 0.3 is 5.97 Å². The largest absolute Gasteiger partial charge is 0.493 e. The summed E-state index contributed by atoms with van der Waals surface area (Å²) in [6, 6.07) is 9.56. The molecule has 0 unspecified atom stereocenters. The number of pyridine rings is 1. The van der Waals surface area contributed by atoms with Crippen LogP contribution in [0.3, 0.4) is 0 Å². The number of aryl methyl sites for hydroxylation is 1. The van der Waals surface area contributed by atoms with E-state index < -0.39 is 0 Å². The second-order valence-electron chi connectivity index (χ2n) is 6.81. The molecule has 2 N–H and O–H groups in total. The minimum absolute atomic E-state index is 0.302. The number of fused-ring (bicyclic) bond motifs is 1. The van der Waals surface area contributed by atoms with Crippen molar-refractivity contribution < 1.29 is 24.0 Å². The molecule has 7 heteroatoms. The molecular formula is C23H26ClN2O4+. The quantitative estimate of drug-likeness (QED) is 0.535. The van der Waals surface area contributed by atoms with Crippen LogP contribution >= 0.6 is 11.6 Å². The summed E-state index contributed by atoms with van der Waals surface area (Å²) in [6.07, 6.45) is 2.41. The van der Waals surface area contributed by atoms with Crippen molar-refractivity contribution in [2.45, 2.75) is 20.3 Å². The molecule has 0 bridgehead atoms. The van der Waals surface area contributed by atoms with Crippen molar-refractivity contribution in [3.63, 3.8) is 0 Å². The molecule has 2 aromatic carbocycles. The van der Waals surface area contributed by atoms with E-state index in [1.54, 1.807) is 27.3 Å². The number of carbonyl (C=O) groups is 1. The van der Waals surface area contributed by atoms with Crippen LogP contribution in [0.1, 0.15) is 28.4 Å². The van der Waals surface area contributed by atoms with Crippen molar-refractivity contribution in [1.29, 1.82) is 0 Å². The third-order valence-electron chi connectivity index (χ3n) is 4.86. The second kappa shape index (κ2) is 9.67. The fourth-order valence-electron chi connectivity index (χ4n) is 3.42. The third-order valence-corrected chi connectivity index (χ3v) is 5.08. The Balaban J connectivity index is 1.91. The number of methoxy groups -OCH3 is 2. The van der Waals surface area contributed by atoms with Crippen LogP contribution in [-0.2, 0) is 11.2 Å². The van der Waals surface area contributed by atoms with E-state index in [0.29, 0.717) is 40.9 Å². The molecule has 1 aromatic heterocycles. The van der Waals surface area contributed by atoms with Gasteiger partial charge in [-0.1, -0.05) is 17.7 Å². The summed E-state index contributed by atoms with van der Waals surface area (Å²) in [5.74, 6) is 0.986. The Bertz CT molecular complexity index is 1070. The number of nitrogens with one attached hydrogen (secondary N) is 2. The number of halogens is 1. The summed E-state index contributed by atoms with van der Waals surface area (Å²) in [4.78, 5) is 15.7. The van der Waals surface area contributed by atoms with Crippen LogP contribution in [0.15, 0.2) is 36.5 Å². The number of esters is 1. The topological polar surface area (TPSA) is 70.9 Å². The van der Waals surface area contributed by atoms with E-state index in [1.807, 2.05) is 37.3 Å². The zero-order valence-corrected chi connectivity index (χ0v) is 18.4. The third kappa shape index (κ3) is 4.60. The van der Waals surface area contributed by atoms with Crippen molar-refractivity contribution in [3.8, 4) is 11.5 Å². The molecule has 0 amide bonds. The highest BCUT2D eigenvalue weighted by Crippen LogP contribution is 2.30.